The molecule has 10 heteroatoms. The molecule has 1 amide bonds. The van der Waals surface area contributed by atoms with E-state index in [0.29, 0.717) is 30.3 Å². The minimum atomic E-state index is -0.480. The number of aliphatic hydroxyl groups excluding tert-OH is 1. The molecule has 1 aliphatic heterocycles. The fourth-order valence-corrected chi connectivity index (χ4v) is 4.26. The highest BCUT2D eigenvalue weighted by Crippen LogP contribution is 2.25. The number of carbonyl (C=O) groups excluding carboxylic acids is 1. The number of H-pyrrole nitrogens is 1. The number of ether oxygens (including phenoxy) is 2. The van der Waals surface area contributed by atoms with Gasteiger partial charge in [-0.05, 0) is 61.4 Å². The van der Waals surface area contributed by atoms with Crippen LogP contribution in [0.1, 0.15) is 23.2 Å². The number of amides is 1. The second-order valence-electron chi connectivity index (χ2n) is 9.01. The summed E-state index contributed by atoms with van der Waals surface area (Å²) in [7, 11) is 1.63. The number of anilines is 1. The molecule has 0 bridgehead atoms. The van der Waals surface area contributed by atoms with Crippen LogP contribution in [0.15, 0.2) is 77.0 Å². The fourth-order valence-electron chi connectivity index (χ4n) is 4.26. The Morgan fingerprint density at radius 3 is 2.58 bits per heavy atom. The summed E-state index contributed by atoms with van der Waals surface area (Å²) in [6.45, 7) is 2.64. The number of aromatic amines is 1. The molecule has 2 heterocycles. The number of aromatic nitrogens is 2. The molecule has 1 saturated heterocycles. The van der Waals surface area contributed by atoms with Crippen LogP contribution in [-0.2, 0) is 4.74 Å². The van der Waals surface area contributed by atoms with Gasteiger partial charge in [0.2, 0.25) is 10.0 Å². The van der Waals surface area contributed by atoms with Crippen molar-refractivity contribution in [2.24, 2.45) is 10.2 Å². The predicted molar refractivity (Wildman–Crippen MR) is 144 cm³/mol. The molecule has 194 valence electrons. The van der Waals surface area contributed by atoms with Crippen molar-refractivity contribution in [3.63, 3.8) is 0 Å². The molecule has 5 rings (SSSR count). The number of fused-ring (bicyclic) bond motifs is 1. The van der Waals surface area contributed by atoms with Gasteiger partial charge in [-0.3, -0.25) is 4.79 Å². The highest BCUT2D eigenvalue weighted by Gasteiger charge is 2.17. The Bertz CT molecular complexity index is 1450. The predicted octanol–water partition coefficient (Wildman–Crippen LogP) is 4.66. The lowest BCUT2D eigenvalue weighted by Crippen LogP contribution is -2.35. The smallest absolute Gasteiger partial charge is 0.360 e. The van der Waals surface area contributed by atoms with Crippen molar-refractivity contribution < 1.29 is 19.4 Å². The highest BCUT2D eigenvalue weighted by molar-refractivity contribution is 5.94. The zero-order valence-corrected chi connectivity index (χ0v) is 21.1. The molecule has 3 aromatic carbocycles. The van der Waals surface area contributed by atoms with E-state index < -0.39 is 5.91 Å². The summed E-state index contributed by atoms with van der Waals surface area (Å²) in [4.78, 5) is 26.3. The fraction of sp³-hybridized carbons (Fsp3) is 0.286. The van der Waals surface area contributed by atoms with E-state index in [1.807, 2.05) is 54.6 Å². The zero-order chi connectivity index (χ0) is 26.3. The average molecular weight is 514 g/mol. The van der Waals surface area contributed by atoms with E-state index in [2.05, 4.69) is 30.0 Å². The van der Waals surface area contributed by atoms with Crippen LogP contribution in [0.4, 0.5) is 11.4 Å². The highest BCUT2D eigenvalue weighted by atomic mass is 16.5. The molecule has 10 nitrogen and oxygen atoms in total. The maximum atomic E-state index is 12.5. The van der Waals surface area contributed by atoms with Crippen LogP contribution in [0.5, 0.6) is 5.75 Å². The van der Waals surface area contributed by atoms with Gasteiger partial charge in [-0.1, -0.05) is 12.1 Å². The first-order valence-electron chi connectivity index (χ1n) is 12.5. The van der Waals surface area contributed by atoms with Crippen LogP contribution >= 0.6 is 0 Å². The quantitative estimate of drug-likeness (QED) is 0.200. The van der Waals surface area contributed by atoms with Crippen LogP contribution in [-0.4, -0.2) is 60.5 Å². The standard InChI is InChI=1S/C28H28N6O4/c1-37-16-17-38-24-10-11-25-26(18-24)30-27(29-25)19-2-4-20(5-3-19)28(36)32-33-31-21-6-8-22(9-7-21)34-14-12-23(35)13-15-34/h2-11,18,23,35H,12-17H2,1H3/p+1. The lowest BCUT2D eigenvalue weighted by atomic mass is 10.1. The number of imidazole rings is 1. The third-order valence-electron chi connectivity index (χ3n) is 6.39. The Balaban J connectivity index is 1.21. The monoisotopic (exact) mass is 513 g/mol. The third-order valence-corrected chi connectivity index (χ3v) is 6.39. The Kier molecular flexibility index (Phi) is 7.84. The molecule has 2 N–H and O–H groups in total. The lowest BCUT2D eigenvalue weighted by Gasteiger charge is -2.31. The Hall–Kier alpha value is -4.37. The second kappa shape index (κ2) is 11.8. The van der Waals surface area contributed by atoms with Crippen molar-refractivity contribution in [1.82, 2.24) is 14.9 Å². The van der Waals surface area contributed by atoms with Gasteiger partial charge in [0, 0.05) is 43.1 Å². The van der Waals surface area contributed by atoms with Gasteiger partial charge in [-0.25, -0.2) is 4.98 Å². The van der Waals surface area contributed by atoms with Gasteiger partial charge < -0.3 is 24.5 Å². The molecule has 1 aliphatic rings. The van der Waals surface area contributed by atoms with E-state index >= 15 is 0 Å². The summed E-state index contributed by atoms with van der Waals surface area (Å²) < 4.78 is 10.7. The van der Waals surface area contributed by atoms with Gasteiger partial charge in [0.25, 0.3) is 0 Å². The van der Waals surface area contributed by atoms with Crippen LogP contribution in [0.2, 0.25) is 0 Å². The van der Waals surface area contributed by atoms with Crippen LogP contribution in [0.3, 0.4) is 0 Å². The average Bonchev–Trinajstić information content (AvgIpc) is 3.38. The van der Waals surface area contributed by atoms with E-state index in [0.717, 1.165) is 54.0 Å². The molecule has 4 aromatic rings. The van der Waals surface area contributed by atoms with Gasteiger partial charge in [-0.15, -0.1) is 0 Å². The van der Waals surface area contributed by atoms with Crippen LogP contribution in [0, 0.1) is 0 Å². The molecular weight excluding hydrogens is 484 g/mol. The normalized spacial score (nSPS) is 13.8. The van der Waals surface area contributed by atoms with Crippen molar-refractivity contribution in [1.29, 1.82) is 0 Å². The number of nitrogens with one attached hydrogen (secondary N) is 1. The Labute approximate surface area is 219 Å². The summed E-state index contributed by atoms with van der Waals surface area (Å²) in [6.07, 6.45) is 1.34. The van der Waals surface area contributed by atoms with Gasteiger partial charge >= 0.3 is 5.91 Å². The van der Waals surface area contributed by atoms with E-state index in [9.17, 15) is 9.90 Å². The number of aliphatic hydroxyl groups is 1. The van der Waals surface area contributed by atoms with E-state index in [-0.39, 0.29) is 6.10 Å². The maximum absolute atomic E-state index is 12.5. The summed E-state index contributed by atoms with van der Waals surface area (Å²) in [6, 6.07) is 20.2. The summed E-state index contributed by atoms with van der Waals surface area (Å²) in [5, 5.41) is 17.4. The third kappa shape index (κ3) is 6.12. The number of rotatable bonds is 8. The zero-order valence-electron chi connectivity index (χ0n) is 21.1. The molecule has 0 radical (unpaired) electrons. The van der Waals surface area contributed by atoms with Crippen molar-refractivity contribution in [3.8, 4) is 17.1 Å². The van der Waals surface area contributed by atoms with Crippen molar-refractivity contribution >= 4 is 28.3 Å². The number of nitrogens with zero attached hydrogens (tertiary/aromatic N) is 5. The van der Waals surface area contributed by atoms with Gasteiger partial charge in [0.15, 0.2) is 10.8 Å². The SMILES string of the molecule is COCCOc1ccc2nc(-c3ccc(C(=O)N=[N+]=Nc4ccc(N5CCC(O)CC5)cc4)cc3)[nH]c2c1. The van der Waals surface area contributed by atoms with E-state index in [4.69, 9.17) is 9.47 Å². The van der Waals surface area contributed by atoms with Gasteiger partial charge in [0.05, 0.1) is 23.7 Å². The summed E-state index contributed by atoms with van der Waals surface area (Å²) >= 11 is 0. The Morgan fingerprint density at radius 1 is 1.08 bits per heavy atom. The maximum Gasteiger partial charge on any atom is 0.360 e. The number of benzene rings is 3. The molecule has 1 fully saturated rings. The minimum absolute atomic E-state index is 0.208. The van der Waals surface area contributed by atoms with E-state index in [1.54, 1.807) is 19.2 Å². The molecular formula is C28H29N6O4+. The van der Waals surface area contributed by atoms with Crippen LogP contribution in [0.25, 0.3) is 22.4 Å². The van der Waals surface area contributed by atoms with Crippen molar-refractivity contribution in [3.05, 3.63) is 72.3 Å². The first-order valence-corrected chi connectivity index (χ1v) is 12.5. The molecule has 38 heavy (non-hydrogen) atoms. The first-order chi connectivity index (χ1) is 18.6. The Morgan fingerprint density at radius 2 is 1.84 bits per heavy atom. The second-order valence-corrected chi connectivity index (χ2v) is 9.01. The van der Waals surface area contributed by atoms with Gasteiger partial charge in [-0.2, -0.15) is 0 Å². The lowest BCUT2D eigenvalue weighted by molar-refractivity contribution is 0.0992. The number of hydrogen-bond acceptors (Lipinski definition) is 7. The number of hydrogen-bond donors (Lipinski definition) is 2. The summed E-state index contributed by atoms with van der Waals surface area (Å²) in [5.41, 5.74) is 4.59. The van der Waals surface area contributed by atoms with Crippen LogP contribution < -0.4 is 14.5 Å². The molecule has 0 atom stereocenters. The topological polar surface area (TPSA) is 126 Å². The summed E-state index contributed by atoms with van der Waals surface area (Å²) in [5.74, 6) is 0.945. The van der Waals surface area contributed by atoms with Gasteiger partial charge in [0.1, 0.15) is 18.2 Å². The molecule has 0 spiro atoms. The largest absolute Gasteiger partial charge is 0.491 e. The molecule has 0 aliphatic carbocycles. The number of piperidine rings is 1. The molecule has 0 unspecified atom stereocenters. The van der Waals surface area contributed by atoms with E-state index in [1.165, 1.54) is 0 Å². The first kappa shape index (κ1) is 25.3. The molecule has 1 aromatic heterocycles. The number of carbonyl (C=O) groups is 1. The van der Waals surface area contributed by atoms with Crippen molar-refractivity contribution in [2.45, 2.75) is 18.9 Å². The van der Waals surface area contributed by atoms with Crippen molar-refractivity contribution in [2.75, 3.05) is 38.3 Å². The minimum Gasteiger partial charge on any atom is -0.491 e. The number of methoxy groups -OCH3 is 1. The molecule has 0 saturated carbocycles.